The summed E-state index contributed by atoms with van der Waals surface area (Å²) in [7, 11) is 3.56. The second kappa shape index (κ2) is 5.65. The molecular weight excluding hydrogens is 349 g/mol. The predicted octanol–water partition coefficient (Wildman–Crippen LogP) is 3.21. The van der Waals surface area contributed by atoms with Crippen LogP contribution in [0.3, 0.4) is 0 Å². The van der Waals surface area contributed by atoms with Gasteiger partial charge in [0.05, 0.1) is 43.4 Å². The Morgan fingerprint density at radius 3 is 2.69 bits per heavy atom. The molecule has 1 unspecified atom stereocenters. The standard InChI is InChI=1S/C17H19F3N4O2/c1-10-21-13-5-6-14(25-3)12(16(13)22(10)2)9-23-11-4-7-15(24(23)8-11)26-17(18,19)20/h4-7,10,21H,8-9H2,1-3H3. The topological polar surface area (TPSA) is 40.2 Å². The molecule has 1 aromatic carbocycles. The minimum atomic E-state index is -4.72. The molecule has 1 fully saturated rings. The van der Waals surface area contributed by atoms with E-state index in [0.717, 1.165) is 22.6 Å². The van der Waals surface area contributed by atoms with E-state index < -0.39 is 6.36 Å². The van der Waals surface area contributed by atoms with E-state index >= 15 is 0 Å². The second-order valence-corrected chi connectivity index (χ2v) is 6.40. The third kappa shape index (κ3) is 2.58. The average Bonchev–Trinajstić information content (AvgIpc) is 2.85. The van der Waals surface area contributed by atoms with Gasteiger partial charge in [0, 0.05) is 18.7 Å². The number of fused-ring (bicyclic) bond motifs is 3. The van der Waals surface area contributed by atoms with Crippen LogP contribution in [0.15, 0.2) is 35.9 Å². The lowest BCUT2D eigenvalue weighted by Gasteiger charge is -2.51. The van der Waals surface area contributed by atoms with Crippen molar-refractivity contribution in [3.63, 3.8) is 0 Å². The van der Waals surface area contributed by atoms with Gasteiger partial charge in [-0.15, -0.1) is 13.2 Å². The molecule has 0 spiro atoms. The summed E-state index contributed by atoms with van der Waals surface area (Å²) in [4.78, 5) is 2.09. The Labute approximate surface area is 149 Å². The number of benzene rings is 1. The van der Waals surface area contributed by atoms with Crippen molar-refractivity contribution in [1.29, 1.82) is 0 Å². The molecule has 1 saturated heterocycles. The van der Waals surface area contributed by atoms with Crippen LogP contribution >= 0.6 is 0 Å². The summed E-state index contributed by atoms with van der Waals surface area (Å²) in [5.41, 5.74) is 3.81. The first-order valence-electron chi connectivity index (χ1n) is 8.19. The van der Waals surface area contributed by atoms with E-state index in [2.05, 4.69) is 15.0 Å². The fourth-order valence-electron chi connectivity index (χ4n) is 3.53. The van der Waals surface area contributed by atoms with Crippen LogP contribution < -0.4 is 15.0 Å². The van der Waals surface area contributed by atoms with E-state index in [9.17, 15) is 13.2 Å². The first-order valence-corrected chi connectivity index (χ1v) is 8.19. The highest BCUT2D eigenvalue weighted by atomic mass is 19.4. The van der Waals surface area contributed by atoms with Gasteiger partial charge in [0.1, 0.15) is 5.75 Å². The highest BCUT2D eigenvalue weighted by Crippen LogP contribution is 2.44. The summed E-state index contributed by atoms with van der Waals surface area (Å²) in [5.74, 6) is 0.472. The van der Waals surface area contributed by atoms with Crippen molar-refractivity contribution in [2.75, 3.05) is 30.9 Å². The molecule has 0 aliphatic carbocycles. The molecule has 26 heavy (non-hydrogen) atoms. The molecule has 0 saturated carbocycles. The molecule has 6 nitrogen and oxygen atoms in total. The maximum absolute atomic E-state index is 12.6. The van der Waals surface area contributed by atoms with Crippen molar-refractivity contribution in [2.45, 2.75) is 26.0 Å². The molecule has 3 aliphatic heterocycles. The van der Waals surface area contributed by atoms with E-state index in [1.54, 1.807) is 18.2 Å². The third-order valence-electron chi connectivity index (χ3n) is 4.89. The number of halogens is 3. The van der Waals surface area contributed by atoms with Gasteiger partial charge in [-0.05, 0) is 25.1 Å². The molecule has 2 bridgehead atoms. The Morgan fingerprint density at radius 1 is 1.27 bits per heavy atom. The summed E-state index contributed by atoms with van der Waals surface area (Å²) in [6.07, 6.45) is -1.61. The van der Waals surface area contributed by atoms with Crippen molar-refractivity contribution < 1.29 is 22.6 Å². The van der Waals surface area contributed by atoms with Gasteiger partial charge in [-0.1, -0.05) is 0 Å². The zero-order valence-electron chi connectivity index (χ0n) is 14.6. The molecular formula is C17H19F3N4O2. The monoisotopic (exact) mass is 368 g/mol. The number of hydrogen-bond acceptors (Lipinski definition) is 6. The fourth-order valence-corrected chi connectivity index (χ4v) is 3.53. The third-order valence-corrected chi connectivity index (χ3v) is 4.89. The number of alkyl halides is 3. The lowest BCUT2D eigenvalue weighted by Crippen LogP contribution is -2.56. The summed E-state index contributed by atoms with van der Waals surface area (Å²) in [6.45, 7) is 2.82. The van der Waals surface area contributed by atoms with Crippen molar-refractivity contribution in [3.8, 4) is 5.75 Å². The zero-order chi connectivity index (χ0) is 18.6. The van der Waals surface area contributed by atoms with E-state index in [0.29, 0.717) is 18.8 Å². The van der Waals surface area contributed by atoms with Crippen molar-refractivity contribution in [3.05, 3.63) is 41.4 Å². The van der Waals surface area contributed by atoms with Crippen LogP contribution in [-0.2, 0) is 11.3 Å². The van der Waals surface area contributed by atoms with E-state index in [4.69, 9.17) is 4.74 Å². The molecule has 3 aliphatic rings. The first kappa shape index (κ1) is 16.7. The number of nitrogens with one attached hydrogen (secondary N) is 1. The Balaban J connectivity index is 1.63. The van der Waals surface area contributed by atoms with Crippen molar-refractivity contribution >= 4 is 11.4 Å². The van der Waals surface area contributed by atoms with Crippen LogP contribution in [0.2, 0.25) is 0 Å². The molecule has 1 N–H and O–H groups in total. The highest BCUT2D eigenvalue weighted by Gasteiger charge is 2.42. The number of rotatable bonds is 4. The predicted molar refractivity (Wildman–Crippen MR) is 90.0 cm³/mol. The van der Waals surface area contributed by atoms with Crippen LogP contribution in [0.1, 0.15) is 12.5 Å². The smallest absolute Gasteiger partial charge is 0.496 e. The Hall–Kier alpha value is -2.71. The molecule has 1 atom stereocenters. The van der Waals surface area contributed by atoms with Crippen LogP contribution in [-0.4, -0.2) is 43.2 Å². The van der Waals surface area contributed by atoms with Crippen molar-refractivity contribution in [2.24, 2.45) is 0 Å². The molecule has 0 amide bonds. The SMILES string of the molecule is COc1ccc2c(c1CN1C3=CC=C(OC(F)(F)F)N1C3)N(C)C(C)N2. The Bertz CT molecular complexity index is 806. The summed E-state index contributed by atoms with van der Waals surface area (Å²) < 4.78 is 47.5. The normalized spacial score (nSPS) is 20.8. The van der Waals surface area contributed by atoms with Gasteiger partial charge >= 0.3 is 6.36 Å². The van der Waals surface area contributed by atoms with Crippen LogP contribution in [0.5, 0.6) is 5.75 Å². The number of hydrazine groups is 1. The van der Waals surface area contributed by atoms with E-state index in [1.165, 1.54) is 11.1 Å². The molecule has 140 valence electrons. The number of methoxy groups -OCH3 is 1. The van der Waals surface area contributed by atoms with Crippen LogP contribution in [0.25, 0.3) is 0 Å². The second-order valence-electron chi connectivity index (χ2n) is 6.40. The number of nitrogens with zero attached hydrogens (tertiary/aromatic N) is 3. The van der Waals surface area contributed by atoms with Gasteiger partial charge in [-0.3, -0.25) is 5.01 Å². The van der Waals surface area contributed by atoms with Crippen LogP contribution in [0.4, 0.5) is 24.5 Å². The molecule has 4 rings (SSSR count). The fraction of sp³-hybridized carbons (Fsp3) is 0.412. The number of ether oxygens (including phenoxy) is 2. The highest BCUT2D eigenvalue weighted by molar-refractivity contribution is 5.81. The van der Waals surface area contributed by atoms with E-state index in [1.807, 2.05) is 26.1 Å². The largest absolute Gasteiger partial charge is 0.574 e. The summed E-state index contributed by atoms with van der Waals surface area (Å²) in [6, 6.07) is 3.82. The maximum Gasteiger partial charge on any atom is 0.574 e. The molecule has 1 aromatic rings. The lowest BCUT2D eigenvalue weighted by atomic mass is 10.1. The minimum absolute atomic E-state index is 0.121. The summed E-state index contributed by atoms with van der Waals surface area (Å²) >= 11 is 0. The summed E-state index contributed by atoms with van der Waals surface area (Å²) in [5, 5.41) is 6.63. The molecule has 0 radical (unpaired) electrons. The Kier molecular flexibility index (Phi) is 3.64. The first-order chi connectivity index (χ1) is 12.3. The number of allylic oxidation sites excluding steroid dienone is 2. The Morgan fingerprint density at radius 2 is 2.04 bits per heavy atom. The van der Waals surface area contributed by atoms with Gasteiger partial charge < -0.3 is 19.7 Å². The van der Waals surface area contributed by atoms with Crippen LogP contribution in [0, 0.1) is 0 Å². The van der Waals surface area contributed by atoms with Crippen molar-refractivity contribution in [1.82, 2.24) is 10.0 Å². The number of hydrogen-bond donors (Lipinski definition) is 1. The maximum atomic E-state index is 12.6. The zero-order valence-corrected chi connectivity index (χ0v) is 14.6. The van der Waals surface area contributed by atoms with Gasteiger partial charge in [0.15, 0.2) is 0 Å². The molecule has 3 heterocycles. The average molecular weight is 368 g/mol. The van der Waals surface area contributed by atoms with Gasteiger partial charge in [-0.25, -0.2) is 5.01 Å². The molecule has 9 heteroatoms. The minimum Gasteiger partial charge on any atom is -0.496 e. The quantitative estimate of drug-likeness (QED) is 0.880. The molecule has 0 aromatic heterocycles. The van der Waals surface area contributed by atoms with Gasteiger partial charge in [0.2, 0.25) is 5.88 Å². The van der Waals surface area contributed by atoms with E-state index in [-0.39, 0.29) is 12.0 Å². The van der Waals surface area contributed by atoms with Gasteiger partial charge in [-0.2, -0.15) is 0 Å². The number of anilines is 2. The lowest BCUT2D eigenvalue weighted by molar-refractivity contribution is -0.324. The van der Waals surface area contributed by atoms with Gasteiger partial charge in [0.25, 0.3) is 0 Å².